The molecule has 0 aromatic carbocycles. The highest BCUT2D eigenvalue weighted by Gasteiger charge is 2.79. The number of hydrogen-bond donors (Lipinski definition) is 2. The number of carbonyl (C=O) groups excluding carboxylic acids is 2. The first-order chi connectivity index (χ1) is 16.2. The van der Waals surface area contributed by atoms with Crippen LogP contribution in [0, 0.1) is 40.4 Å². The van der Waals surface area contributed by atoms with Gasteiger partial charge < -0.3 is 19.7 Å². The number of epoxide rings is 1. The largest absolute Gasteiger partial charge is 0.458 e. The Hall–Kier alpha value is -1.50. The standard InChI is InChI=1S/C28H38O6/c1-15-11-22(33-25(32)18(15)13-29)16(2)19-6-7-20-17-12-24-28(34-24)9-4-5-23(31)27(28,14-30)21(17)8-10-26(19,20)3/h4-5,16-17,19-22,24,29-30H,6-14H2,1-3H3/t16-,17-,19+,20-,21-,22?,24+,26+,27-,28+/m0/s1. The van der Waals surface area contributed by atoms with Crippen molar-refractivity contribution in [3.05, 3.63) is 23.3 Å². The fourth-order valence-corrected chi connectivity index (χ4v) is 9.72. The quantitative estimate of drug-likeness (QED) is 0.483. The second-order valence-electron chi connectivity index (χ2n) is 12.4. The van der Waals surface area contributed by atoms with E-state index >= 15 is 0 Å². The van der Waals surface area contributed by atoms with E-state index in [1.807, 2.05) is 13.0 Å². The van der Waals surface area contributed by atoms with Crippen molar-refractivity contribution in [2.75, 3.05) is 13.2 Å². The maximum absolute atomic E-state index is 13.3. The van der Waals surface area contributed by atoms with Gasteiger partial charge in [-0.3, -0.25) is 4.79 Å². The number of rotatable bonds is 4. The number of hydrogen-bond acceptors (Lipinski definition) is 6. The Morgan fingerprint density at radius 2 is 1.97 bits per heavy atom. The Bertz CT molecular complexity index is 983. The van der Waals surface area contributed by atoms with Crippen LogP contribution in [-0.4, -0.2) is 53.0 Å². The molecule has 2 aliphatic heterocycles. The predicted molar refractivity (Wildman–Crippen MR) is 124 cm³/mol. The number of aliphatic hydroxyl groups excluding tert-OH is 2. The summed E-state index contributed by atoms with van der Waals surface area (Å²) in [6.07, 6.45) is 10.2. The zero-order valence-electron chi connectivity index (χ0n) is 20.6. The summed E-state index contributed by atoms with van der Waals surface area (Å²) in [5.41, 5.74) is 0.235. The Labute approximate surface area is 201 Å². The van der Waals surface area contributed by atoms with E-state index in [0.717, 1.165) is 44.1 Å². The minimum Gasteiger partial charge on any atom is -0.458 e. The average molecular weight is 471 g/mol. The molecule has 4 aliphatic carbocycles. The van der Waals surface area contributed by atoms with Crippen molar-refractivity contribution in [2.45, 2.75) is 83.5 Å². The van der Waals surface area contributed by atoms with Crippen molar-refractivity contribution < 1.29 is 29.3 Å². The third-order valence-electron chi connectivity index (χ3n) is 11.5. The molecule has 186 valence electrons. The van der Waals surface area contributed by atoms with E-state index in [2.05, 4.69) is 13.8 Å². The molecule has 2 N–H and O–H groups in total. The van der Waals surface area contributed by atoms with Crippen LogP contribution in [0.3, 0.4) is 0 Å². The van der Waals surface area contributed by atoms with Crippen LogP contribution in [-0.2, 0) is 19.1 Å². The van der Waals surface area contributed by atoms with E-state index in [4.69, 9.17) is 9.47 Å². The SMILES string of the molecule is CC1=C(CO)C(=O)OC([C@@H](C)[C@H]2CC[C@H]3[C@@H]4C[C@H]5O[C@]56CC=CC(=O)[C@]6(CO)[C@H]4CC[C@]23C)C1. The molecule has 1 unspecified atom stereocenters. The number of aliphatic hydroxyl groups is 2. The molecule has 2 heterocycles. The maximum atomic E-state index is 13.3. The summed E-state index contributed by atoms with van der Waals surface area (Å²) in [7, 11) is 0. The monoisotopic (exact) mass is 470 g/mol. The number of fused-ring (bicyclic) bond motifs is 4. The first kappa shape index (κ1) is 22.9. The van der Waals surface area contributed by atoms with E-state index in [0.29, 0.717) is 29.7 Å². The van der Waals surface area contributed by atoms with E-state index in [9.17, 15) is 19.8 Å². The molecule has 6 rings (SSSR count). The van der Waals surface area contributed by atoms with E-state index < -0.39 is 11.0 Å². The molecule has 34 heavy (non-hydrogen) atoms. The van der Waals surface area contributed by atoms with Gasteiger partial charge in [0, 0.05) is 6.42 Å². The number of cyclic esters (lactones) is 1. The Balaban J connectivity index is 1.28. The molecular formula is C28H38O6. The lowest BCUT2D eigenvalue weighted by Crippen LogP contribution is -2.63. The summed E-state index contributed by atoms with van der Waals surface area (Å²) < 4.78 is 12.2. The van der Waals surface area contributed by atoms with Gasteiger partial charge in [-0.25, -0.2) is 4.79 Å². The first-order valence-corrected chi connectivity index (χ1v) is 13.2. The summed E-state index contributed by atoms with van der Waals surface area (Å²) >= 11 is 0. The topological polar surface area (TPSA) is 96.4 Å². The lowest BCUT2D eigenvalue weighted by atomic mass is 9.44. The van der Waals surface area contributed by atoms with Crippen LogP contribution in [0.15, 0.2) is 23.3 Å². The van der Waals surface area contributed by atoms with Crippen molar-refractivity contribution in [1.82, 2.24) is 0 Å². The zero-order chi connectivity index (χ0) is 24.0. The molecule has 0 radical (unpaired) electrons. The fourth-order valence-electron chi connectivity index (χ4n) is 9.72. The summed E-state index contributed by atoms with van der Waals surface area (Å²) in [5, 5.41) is 20.2. The number of ketones is 1. The van der Waals surface area contributed by atoms with Gasteiger partial charge in [0.15, 0.2) is 5.78 Å². The average Bonchev–Trinajstić information content (AvgIpc) is 3.39. The third-order valence-corrected chi connectivity index (χ3v) is 11.5. The maximum Gasteiger partial charge on any atom is 0.336 e. The predicted octanol–water partition coefficient (Wildman–Crippen LogP) is 3.35. The minimum absolute atomic E-state index is 0.0704. The van der Waals surface area contributed by atoms with Gasteiger partial charge in [-0.15, -0.1) is 0 Å². The molecule has 3 saturated carbocycles. The zero-order valence-corrected chi connectivity index (χ0v) is 20.6. The van der Waals surface area contributed by atoms with Gasteiger partial charge in [0.1, 0.15) is 11.7 Å². The second kappa shape index (κ2) is 7.50. The van der Waals surface area contributed by atoms with Crippen LogP contribution < -0.4 is 0 Å². The van der Waals surface area contributed by atoms with Gasteiger partial charge in [-0.05, 0) is 86.5 Å². The molecular weight excluding hydrogens is 432 g/mol. The first-order valence-electron chi connectivity index (χ1n) is 13.2. The van der Waals surface area contributed by atoms with Crippen LogP contribution in [0.2, 0.25) is 0 Å². The second-order valence-corrected chi connectivity index (χ2v) is 12.4. The van der Waals surface area contributed by atoms with Gasteiger partial charge in [0.25, 0.3) is 0 Å². The molecule has 0 bridgehead atoms. The smallest absolute Gasteiger partial charge is 0.336 e. The lowest BCUT2D eigenvalue weighted by Gasteiger charge is -2.58. The van der Waals surface area contributed by atoms with Crippen molar-refractivity contribution in [3.63, 3.8) is 0 Å². The molecule has 0 amide bonds. The Morgan fingerprint density at radius 1 is 1.18 bits per heavy atom. The van der Waals surface area contributed by atoms with Gasteiger partial charge >= 0.3 is 5.97 Å². The van der Waals surface area contributed by atoms with Gasteiger partial charge in [0.05, 0.1) is 30.3 Å². The van der Waals surface area contributed by atoms with Crippen LogP contribution in [0.1, 0.15) is 65.7 Å². The van der Waals surface area contributed by atoms with Crippen LogP contribution in [0.4, 0.5) is 0 Å². The summed E-state index contributed by atoms with van der Waals surface area (Å²) in [5.74, 6) is 1.43. The molecule has 0 aromatic heterocycles. The number of esters is 1. The highest BCUT2D eigenvalue weighted by molar-refractivity contribution is 5.98. The molecule has 0 aromatic rings. The van der Waals surface area contributed by atoms with Crippen LogP contribution in [0.25, 0.3) is 0 Å². The van der Waals surface area contributed by atoms with E-state index in [-0.39, 0.29) is 54.4 Å². The van der Waals surface area contributed by atoms with Crippen LogP contribution >= 0.6 is 0 Å². The molecule has 6 aliphatic rings. The lowest BCUT2D eigenvalue weighted by molar-refractivity contribution is -0.157. The molecule has 10 atom stereocenters. The van der Waals surface area contributed by atoms with Crippen molar-refractivity contribution in [2.24, 2.45) is 40.4 Å². The fraction of sp³-hybridized carbons (Fsp3) is 0.786. The number of carbonyl (C=O) groups is 2. The summed E-state index contributed by atoms with van der Waals surface area (Å²) in [4.78, 5) is 25.8. The Morgan fingerprint density at radius 3 is 2.68 bits per heavy atom. The summed E-state index contributed by atoms with van der Waals surface area (Å²) in [6.45, 7) is 6.22. The van der Waals surface area contributed by atoms with Crippen LogP contribution in [0.5, 0.6) is 0 Å². The molecule has 4 fully saturated rings. The molecule has 1 saturated heterocycles. The van der Waals surface area contributed by atoms with E-state index in [1.54, 1.807) is 6.08 Å². The molecule has 1 spiro atoms. The van der Waals surface area contributed by atoms with E-state index in [1.165, 1.54) is 0 Å². The minimum atomic E-state index is -0.776. The Kier molecular flexibility index (Phi) is 5.06. The van der Waals surface area contributed by atoms with Crippen molar-refractivity contribution in [3.8, 4) is 0 Å². The van der Waals surface area contributed by atoms with Gasteiger partial charge in [-0.1, -0.05) is 25.5 Å². The molecule has 6 heteroatoms. The highest BCUT2D eigenvalue weighted by atomic mass is 16.6. The van der Waals surface area contributed by atoms with Gasteiger partial charge in [0.2, 0.25) is 0 Å². The number of ether oxygens (including phenoxy) is 2. The third kappa shape index (κ3) is 2.68. The van der Waals surface area contributed by atoms with Crippen molar-refractivity contribution in [1.29, 1.82) is 0 Å². The van der Waals surface area contributed by atoms with Crippen molar-refractivity contribution >= 4 is 11.8 Å². The highest BCUT2D eigenvalue weighted by Crippen LogP contribution is 2.73. The van der Waals surface area contributed by atoms with Gasteiger partial charge in [-0.2, -0.15) is 0 Å². The molecule has 6 nitrogen and oxygen atoms in total. The number of allylic oxidation sites excluding steroid dienone is 1. The summed E-state index contributed by atoms with van der Waals surface area (Å²) in [6, 6.07) is 0. The normalized spacial score (nSPS) is 50.1.